The molecule has 1 unspecified atom stereocenters. The van der Waals surface area contributed by atoms with Crippen LogP contribution in [0.1, 0.15) is 30.4 Å². The molecule has 0 radical (unpaired) electrons. The highest BCUT2D eigenvalue weighted by atomic mass is 32.2. The quantitative estimate of drug-likeness (QED) is 0.262. The molecular formula is C25H30N2O9S. The highest BCUT2D eigenvalue weighted by Crippen LogP contribution is 2.56. The van der Waals surface area contributed by atoms with Gasteiger partial charge < -0.3 is 31.3 Å². The molecule has 3 aliphatic rings. The number of benzene rings is 1. The molecule has 0 aliphatic heterocycles. The number of aliphatic hydroxyl groups is 4. The Kier molecular flexibility index (Phi) is 6.82. The smallest absolute Gasteiger partial charge is 0.255 e. The van der Waals surface area contributed by atoms with Gasteiger partial charge in [-0.05, 0) is 32.1 Å². The Morgan fingerprint density at radius 1 is 1.19 bits per heavy atom. The van der Waals surface area contributed by atoms with Crippen molar-refractivity contribution in [3.8, 4) is 5.75 Å². The molecule has 0 bridgehead atoms. The summed E-state index contributed by atoms with van der Waals surface area (Å²) in [5, 5.41) is 56.1. The molecule has 1 amide bonds. The number of hydrogen-bond donors (Lipinski definition) is 6. The molecule has 0 spiro atoms. The fourth-order valence-electron chi connectivity index (χ4n) is 6.10. The molecule has 0 aromatic heterocycles. The number of Topliss-reactive ketones (excluding diaryl/α,β-unsaturated/α-hetero) is 2. The van der Waals surface area contributed by atoms with Gasteiger partial charge >= 0.3 is 0 Å². The van der Waals surface area contributed by atoms with Crippen molar-refractivity contribution in [3.05, 3.63) is 46.2 Å². The van der Waals surface area contributed by atoms with Gasteiger partial charge in [0, 0.05) is 39.7 Å². The highest BCUT2D eigenvalue weighted by molar-refractivity contribution is 7.85. The zero-order valence-corrected chi connectivity index (χ0v) is 21.4. The van der Waals surface area contributed by atoms with Gasteiger partial charge in [-0.3, -0.25) is 23.5 Å². The summed E-state index contributed by atoms with van der Waals surface area (Å²) in [6.45, 7) is 1.84. The van der Waals surface area contributed by atoms with Crippen molar-refractivity contribution in [3.63, 3.8) is 0 Å². The van der Waals surface area contributed by atoms with Gasteiger partial charge in [0.2, 0.25) is 5.78 Å². The number of nitrogens with zero attached hydrogens (tertiary/aromatic N) is 1. The van der Waals surface area contributed by atoms with Crippen LogP contribution < -0.4 is 5.73 Å². The Morgan fingerprint density at radius 3 is 2.41 bits per heavy atom. The molecule has 1 aromatic rings. The number of phenols is 1. The third-order valence-corrected chi connectivity index (χ3v) is 9.19. The van der Waals surface area contributed by atoms with Gasteiger partial charge in [-0.15, -0.1) is 0 Å². The van der Waals surface area contributed by atoms with E-state index in [4.69, 9.17) is 5.73 Å². The number of ketones is 2. The average Bonchev–Trinajstić information content (AvgIpc) is 2.80. The zero-order valence-electron chi connectivity index (χ0n) is 20.5. The van der Waals surface area contributed by atoms with Crippen LogP contribution in [-0.2, 0) is 25.2 Å². The predicted octanol–water partition coefficient (Wildman–Crippen LogP) is -0.365. The molecule has 0 heterocycles. The first-order valence-electron chi connectivity index (χ1n) is 11.8. The van der Waals surface area contributed by atoms with Crippen molar-refractivity contribution in [1.29, 1.82) is 0 Å². The van der Waals surface area contributed by atoms with Crippen LogP contribution in [0, 0.1) is 11.8 Å². The van der Waals surface area contributed by atoms with Gasteiger partial charge in [0.1, 0.15) is 22.8 Å². The molecule has 12 heteroatoms. The maximum absolute atomic E-state index is 14.0. The molecule has 7 atom stereocenters. The molecule has 1 saturated carbocycles. The molecular weight excluding hydrogens is 504 g/mol. The number of nitrogens with two attached hydrogens (primary N) is 1. The third-order valence-electron chi connectivity index (χ3n) is 7.59. The molecule has 11 nitrogen and oxygen atoms in total. The normalized spacial score (nSPS) is 32.2. The Balaban J connectivity index is 2.04. The minimum Gasteiger partial charge on any atom is -0.508 e. The fourth-order valence-corrected chi connectivity index (χ4v) is 7.51. The van der Waals surface area contributed by atoms with Crippen LogP contribution in [0.25, 0.3) is 5.76 Å². The summed E-state index contributed by atoms with van der Waals surface area (Å²) < 4.78 is 12.9. The zero-order chi connectivity index (χ0) is 27.6. The number of primary amides is 1. The number of likely N-dealkylation sites (N-methyl/N-ethyl adjacent to an activating group) is 1. The number of rotatable bonds is 6. The molecule has 4 rings (SSSR count). The SMILES string of the molecule is CCCS(=O)C[C@H]1c2cccc(O)c2C(O)=C2C(=O)[C@]3(O)C(O)=C(C(N)=O)C(=O)[C@@H](N(C)C)[C@@H]3[C@@H](O)[C@@H]21. The van der Waals surface area contributed by atoms with Gasteiger partial charge in [-0.1, -0.05) is 19.1 Å². The number of hydrogen-bond acceptors (Lipinski definition) is 10. The van der Waals surface area contributed by atoms with E-state index in [-0.39, 0.29) is 17.1 Å². The largest absolute Gasteiger partial charge is 0.508 e. The van der Waals surface area contributed by atoms with Crippen LogP contribution in [0.3, 0.4) is 0 Å². The van der Waals surface area contributed by atoms with Gasteiger partial charge in [0.25, 0.3) is 5.91 Å². The molecule has 0 saturated heterocycles. The van der Waals surface area contributed by atoms with Crippen LogP contribution in [0.5, 0.6) is 5.75 Å². The second-order valence-electron chi connectivity index (χ2n) is 9.92. The van der Waals surface area contributed by atoms with Crippen LogP contribution in [-0.4, -0.2) is 95.5 Å². The number of amides is 1. The van der Waals surface area contributed by atoms with E-state index in [2.05, 4.69) is 0 Å². The topological polar surface area (TPSA) is 199 Å². The van der Waals surface area contributed by atoms with Crippen LogP contribution in [0.15, 0.2) is 35.1 Å². The molecule has 7 N–H and O–H groups in total. The van der Waals surface area contributed by atoms with Crippen molar-refractivity contribution in [2.45, 2.75) is 37.0 Å². The van der Waals surface area contributed by atoms with E-state index in [9.17, 15) is 44.1 Å². The summed E-state index contributed by atoms with van der Waals surface area (Å²) in [4.78, 5) is 40.6. The van der Waals surface area contributed by atoms with Crippen molar-refractivity contribution >= 4 is 34.0 Å². The summed E-state index contributed by atoms with van der Waals surface area (Å²) in [6.07, 6.45) is -1.13. The summed E-state index contributed by atoms with van der Waals surface area (Å²) in [5.41, 5.74) is 1.07. The second-order valence-corrected chi connectivity index (χ2v) is 11.5. The number of fused-ring (bicyclic) bond motifs is 3. The predicted molar refractivity (Wildman–Crippen MR) is 133 cm³/mol. The maximum atomic E-state index is 14.0. The number of carbonyl (C=O) groups is 3. The Morgan fingerprint density at radius 2 is 1.84 bits per heavy atom. The van der Waals surface area contributed by atoms with Crippen LogP contribution in [0.2, 0.25) is 0 Å². The van der Waals surface area contributed by atoms with E-state index in [0.717, 1.165) is 0 Å². The van der Waals surface area contributed by atoms with E-state index in [1.54, 1.807) is 6.07 Å². The Hall–Kier alpha value is -3.06. The fraction of sp³-hybridized carbons (Fsp3) is 0.480. The first-order valence-corrected chi connectivity index (χ1v) is 13.3. The summed E-state index contributed by atoms with van der Waals surface area (Å²) in [6, 6.07) is 2.92. The number of aromatic hydroxyl groups is 1. The van der Waals surface area contributed by atoms with Crippen molar-refractivity contribution < 1.29 is 44.1 Å². The minimum absolute atomic E-state index is 0.0455. The summed E-state index contributed by atoms with van der Waals surface area (Å²) in [5.74, 6) is -9.49. The standard InChI is InChI=1S/C25H30N2O9S/c1-4-8-37(36)9-11-10-6-5-7-12(28)13(10)19(29)15-14(11)20(30)17-18(27(2)3)21(31)16(24(26)34)23(33)25(17,35)22(15)32/h5-7,11,14,17-18,20,28-30,33,35H,4,8-9H2,1-3H3,(H2,26,34)/t11-,14+,17+,18-,20-,25-,37?/m0/s1. The summed E-state index contributed by atoms with van der Waals surface area (Å²) >= 11 is 0. The first-order chi connectivity index (χ1) is 17.3. The van der Waals surface area contributed by atoms with Crippen LogP contribution >= 0.6 is 0 Å². The van der Waals surface area contributed by atoms with E-state index in [1.807, 2.05) is 6.92 Å². The number of phenolic OH excluding ortho intramolecular Hbond substituents is 1. The molecule has 3 aliphatic carbocycles. The number of carbonyl (C=O) groups excluding carboxylic acids is 3. The van der Waals surface area contributed by atoms with Gasteiger partial charge in [-0.25, -0.2) is 0 Å². The third kappa shape index (κ3) is 3.73. The molecule has 1 fully saturated rings. The lowest BCUT2D eigenvalue weighted by molar-refractivity contribution is -0.169. The Labute approximate surface area is 215 Å². The van der Waals surface area contributed by atoms with Crippen molar-refractivity contribution in [1.82, 2.24) is 4.90 Å². The van der Waals surface area contributed by atoms with Crippen molar-refractivity contribution in [2.75, 3.05) is 25.6 Å². The van der Waals surface area contributed by atoms with Gasteiger partial charge in [0.05, 0.1) is 23.6 Å². The van der Waals surface area contributed by atoms with Gasteiger partial charge in [0.15, 0.2) is 11.4 Å². The van der Waals surface area contributed by atoms with E-state index >= 15 is 0 Å². The van der Waals surface area contributed by atoms with Gasteiger partial charge in [-0.2, -0.15) is 0 Å². The lowest BCUT2D eigenvalue weighted by Gasteiger charge is -2.54. The number of aliphatic hydroxyl groups excluding tert-OH is 3. The minimum atomic E-state index is -2.98. The average molecular weight is 535 g/mol. The summed E-state index contributed by atoms with van der Waals surface area (Å²) in [7, 11) is 1.46. The van der Waals surface area contributed by atoms with E-state index in [0.29, 0.717) is 17.7 Å². The molecule has 1 aromatic carbocycles. The van der Waals surface area contributed by atoms with Crippen LogP contribution in [0.4, 0.5) is 0 Å². The van der Waals surface area contributed by atoms with E-state index < -0.39 is 86.4 Å². The lowest BCUT2D eigenvalue weighted by Crippen LogP contribution is -2.70. The lowest BCUT2D eigenvalue weighted by atomic mass is 9.54. The monoisotopic (exact) mass is 534 g/mol. The van der Waals surface area contributed by atoms with E-state index in [1.165, 1.54) is 31.1 Å². The second kappa shape index (κ2) is 9.35. The Bertz CT molecular complexity index is 1290. The molecule has 200 valence electrons. The maximum Gasteiger partial charge on any atom is 0.255 e. The first kappa shape index (κ1) is 27.0. The molecule has 37 heavy (non-hydrogen) atoms. The van der Waals surface area contributed by atoms with Crippen molar-refractivity contribution in [2.24, 2.45) is 17.6 Å². The highest BCUT2D eigenvalue weighted by Gasteiger charge is 2.68.